The summed E-state index contributed by atoms with van der Waals surface area (Å²) < 4.78 is 39.1. The molecule has 0 spiro atoms. The largest absolute Gasteiger partial charge is 0.493 e. The summed E-state index contributed by atoms with van der Waals surface area (Å²) in [7, 11) is 1.51. The van der Waals surface area contributed by atoms with Gasteiger partial charge in [-0.05, 0) is 72.8 Å². The lowest BCUT2D eigenvalue weighted by Crippen LogP contribution is -2.28. The average molecular weight is 559 g/mol. The fourth-order valence-corrected chi connectivity index (χ4v) is 4.83. The van der Waals surface area contributed by atoms with Gasteiger partial charge in [0.05, 0.1) is 17.7 Å². The van der Waals surface area contributed by atoms with Crippen LogP contribution in [0.25, 0.3) is 6.08 Å². The van der Waals surface area contributed by atoms with Crippen LogP contribution in [-0.2, 0) is 11.4 Å². The number of halogens is 3. The Morgan fingerprint density at radius 3 is 2.51 bits per heavy atom. The van der Waals surface area contributed by atoms with E-state index in [0.717, 1.165) is 0 Å². The summed E-state index contributed by atoms with van der Waals surface area (Å²) in [4.78, 5) is 19.6. The number of thioether (sulfide) groups is 1. The lowest BCUT2D eigenvalue weighted by molar-refractivity contribution is -0.122. The molecule has 3 aromatic carbocycles. The fraction of sp³-hybridized carbons (Fsp3) is 0.154. The van der Waals surface area contributed by atoms with E-state index in [4.69, 9.17) is 9.47 Å². The summed E-state index contributed by atoms with van der Waals surface area (Å²) in [6.07, 6.45) is 1.75. The van der Waals surface area contributed by atoms with Crippen LogP contribution in [0, 0.1) is 11.6 Å². The quantitative estimate of drug-likeness (QED) is 0.295. The van der Waals surface area contributed by atoms with E-state index >= 15 is 0 Å². The highest BCUT2D eigenvalue weighted by Gasteiger charge is 2.32. The highest BCUT2D eigenvalue weighted by Crippen LogP contribution is 2.39. The molecule has 1 fully saturated rings. The number of amidine groups is 1. The second-order valence-corrected chi connectivity index (χ2v) is 9.30. The monoisotopic (exact) mass is 558 g/mol. The molecule has 1 aliphatic rings. The minimum absolute atomic E-state index is 0.0406. The van der Waals surface area contributed by atoms with E-state index in [1.807, 2.05) is 6.92 Å². The fourth-order valence-electron chi connectivity index (χ4n) is 3.34. The number of rotatable bonds is 7. The van der Waals surface area contributed by atoms with Crippen molar-refractivity contribution in [1.29, 1.82) is 0 Å². The van der Waals surface area contributed by atoms with Gasteiger partial charge in [0.1, 0.15) is 18.2 Å². The Morgan fingerprint density at radius 1 is 1.09 bits per heavy atom. The molecule has 9 heteroatoms. The van der Waals surface area contributed by atoms with Crippen LogP contribution in [0.1, 0.15) is 18.1 Å². The molecule has 3 aromatic rings. The number of likely N-dealkylation sites (N-methyl/N-ethyl adjacent to an activating group) is 1. The summed E-state index contributed by atoms with van der Waals surface area (Å²) in [5.74, 6) is 0.00632. The van der Waals surface area contributed by atoms with Gasteiger partial charge in [-0.2, -0.15) is 0 Å². The molecule has 0 bridgehead atoms. The summed E-state index contributed by atoms with van der Waals surface area (Å²) in [6, 6.07) is 15.6. The van der Waals surface area contributed by atoms with E-state index in [9.17, 15) is 13.6 Å². The van der Waals surface area contributed by atoms with Gasteiger partial charge in [0.15, 0.2) is 16.7 Å². The van der Waals surface area contributed by atoms with Crippen LogP contribution in [0.3, 0.4) is 0 Å². The van der Waals surface area contributed by atoms with E-state index in [1.165, 1.54) is 37.1 Å². The maximum absolute atomic E-state index is 13.9. The Hall–Kier alpha value is -3.17. The summed E-state index contributed by atoms with van der Waals surface area (Å²) >= 11 is 4.77. The number of benzene rings is 3. The van der Waals surface area contributed by atoms with Gasteiger partial charge >= 0.3 is 0 Å². The number of ether oxygens (including phenoxy) is 2. The zero-order chi connectivity index (χ0) is 24.9. The van der Waals surface area contributed by atoms with E-state index in [2.05, 4.69) is 20.9 Å². The highest BCUT2D eigenvalue weighted by atomic mass is 79.9. The topological polar surface area (TPSA) is 51.1 Å². The Balaban J connectivity index is 1.60. The molecule has 0 unspecified atom stereocenters. The van der Waals surface area contributed by atoms with Gasteiger partial charge in [-0.3, -0.25) is 9.69 Å². The number of amides is 1. The first kappa shape index (κ1) is 24.9. The molecule has 0 atom stereocenters. The summed E-state index contributed by atoms with van der Waals surface area (Å²) in [5.41, 5.74) is 1.69. The van der Waals surface area contributed by atoms with Crippen molar-refractivity contribution < 1.29 is 23.0 Å². The molecule has 0 saturated carbocycles. The van der Waals surface area contributed by atoms with Crippen LogP contribution >= 0.6 is 27.7 Å². The van der Waals surface area contributed by atoms with E-state index in [1.54, 1.807) is 53.4 Å². The van der Waals surface area contributed by atoms with Gasteiger partial charge in [-0.25, -0.2) is 13.8 Å². The number of carbonyl (C=O) groups is 1. The summed E-state index contributed by atoms with van der Waals surface area (Å²) in [5, 5.41) is 0.517. The Bertz CT molecular complexity index is 1310. The molecule has 0 N–H and O–H groups in total. The second kappa shape index (κ2) is 11.0. The molecule has 1 aliphatic heterocycles. The second-order valence-electron chi connectivity index (χ2n) is 7.44. The lowest BCUT2D eigenvalue weighted by Gasteiger charge is -2.13. The first-order chi connectivity index (χ1) is 16.9. The molecular weight excluding hydrogens is 538 g/mol. The molecule has 1 amide bonds. The minimum Gasteiger partial charge on any atom is -0.493 e. The molecule has 1 saturated heterocycles. The lowest BCUT2D eigenvalue weighted by atomic mass is 10.1. The van der Waals surface area contributed by atoms with Crippen molar-refractivity contribution in [3.8, 4) is 11.5 Å². The number of methoxy groups -OCH3 is 1. The van der Waals surface area contributed by atoms with Crippen molar-refractivity contribution in [2.75, 3.05) is 13.7 Å². The minimum atomic E-state index is -0.350. The van der Waals surface area contributed by atoms with E-state index in [0.29, 0.717) is 49.4 Å². The van der Waals surface area contributed by atoms with Gasteiger partial charge in [-0.15, -0.1) is 0 Å². The first-order valence-corrected chi connectivity index (χ1v) is 12.3. The third-order valence-electron chi connectivity index (χ3n) is 5.17. The summed E-state index contributed by atoms with van der Waals surface area (Å²) in [6.45, 7) is 2.34. The van der Waals surface area contributed by atoms with Crippen molar-refractivity contribution in [3.63, 3.8) is 0 Å². The smallest absolute Gasteiger partial charge is 0.266 e. The van der Waals surface area contributed by atoms with Crippen molar-refractivity contribution in [2.24, 2.45) is 4.99 Å². The first-order valence-electron chi connectivity index (χ1n) is 10.7. The zero-order valence-electron chi connectivity index (χ0n) is 18.9. The molecule has 0 radical (unpaired) electrons. The third kappa shape index (κ3) is 5.74. The Morgan fingerprint density at radius 2 is 1.83 bits per heavy atom. The van der Waals surface area contributed by atoms with Crippen LogP contribution in [0.5, 0.6) is 11.5 Å². The predicted molar refractivity (Wildman–Crippen MR) is 138 cm³/mol. The van der Waals surface area contributed by atoms with Gasteiger partial charge in [0, 0.05) is 16.6 Å². The molecule has 1 heterocycles. The zero-order valence-corrected chi connectivity index (χ0v) is 21.3. The Kier molecular flexibility index (Phi) is 7.87. The number of nitrogens with zero attached hydrogens (tertiary/aromatic N) is 2. The molecular formula is C26H21BrF2N2O3S. The molecule has 180 valence electrons. The van der Waals surface area contributed by atoms with Gasteiger partial charge in [-0.1, -0.05) is 34.1 Å². The highest BCUT2D eigenvalue weighted by molar-refractivity contribution is 9.10. The predicted octanol–water partition coefficient (Wildman–Crippen LogP) is 6.94. The molecule has 4 rings (SSSR count). The van der Waals surface area contributed by atoms with Crippen molar-refractivity contribution in [1.82, 2.24) is 4.90 Å². The molecule has 35 heavy (non-hydrogen) atoms. The van der Waals surface area contributed by atoms with Crippen LogP contribution in [0.15, 0.2) is 75.0 Å². The van der Waals surface area contributed by atoms with Crippen molar-refractivity contribution >= 4 is 50.5 Å². The molecule has 0 aromatic heterocycles. The van der Waals surface area contributed by atoms with Crippen LogP contribution in [-0.4, -0.2) is 29.6 Å². The van der Waals surface area contributed by atoms with E-state index in [-0.39, 0.29) is 24.1 Å². The van der Waals surface area contributed by atoms with Gasteiger partial charge in [0.2, 0.25) is 0 Å². The number of carbonyl (C=O) groups excluding carboxylic acids is 1. The number of hydrogen-bond donors (Lipinski definition) is 0. The van der Waals surface area contributed by atoms with Gasteiger partial charge < -0.3 is 9.47 Å². The number of aliphatic imine (C=N–C) groups is 1. The van der Waals surface area contributed by atoms with Crippen LogP contribution in [0.4, 0.5) is 14.5 Å². The maximum Gasteiger partial charge on any atom is 0.266 e. The average Bonchev–Trinajstić information content (AvgIpc) is 3.14. The van der Waals surface area contributed by atoms with Crippen molar-refractivity contribution in [3.05, 3.63) is 92.8 Å². The molecule has 0 aliphatic carbocycles. The van der Waals surface area contributed by atoms with E-state index < -0.39 is 0 Å². The Labute approximate surface area is 214 Å². The maximum atomic E-state index is 13.9. The normalized spacial score (nSPS) is 15.8. The van der Waals surface area contributed by atoms with Crippen LogP contribution in [0.2, 0.25) is 0 Å². The van der Waals surface area contributed by atoms with Crippen LogP contribution < -0.4 is 9.47 Å². The van der Waals surface area contributed by atoms with Crippen molar-refractivity contribution in [2.45, 2.75) is 13.5 Å². The third-order valence-corrected chi connectivity index (χ3v) is 6.86. The number of hydrogen-bond acceptors (Lipinski definition) is 5. The standard InChI is InChI=1S/C26H21BrF2N2O3S/c1-3-31-25(32)24(35-26(31)30-19-10-8-18(28)9-11-19)13-17-12-22(33-2)23(14-20(17)27)34-15-16-6-4-5-7-21(16)29/h4-14H,3,15H2,1-2H3/b24-13+,30-26?. The SMILES string of the molecule is CCN1C(=O)/C(=C\c2cc(OC)c(OCc3ccccc3F)cc2Br)SC1=Nc1ccc(F)cc1. The van der Waals surface area contributed by atoms with Gasteiger partial charge in [0.25, 0.3) is 5.91 Å². The molecule has 5 nitrogen and oxygen atoms in total.